The average molecular weight is 372 g/mol. The van der Waals surface area contributed by atoms with Gasteiger partial charge in [-0.2, -0.15) is 0 Å². The normalized spacial score (nSPS) is 17.6. The molecule has 7 heteroatoms. The lowest BCUT2D eigenvalue weighted by atomic mass is 10.0. The first-order chi connectivity index (χ1) is 12.9. The fourth-order valence-corrected chi connectivity index (χ4v) is 3.23. The SMILES string of the molecule is COc1nc2ccccc2nc1NC[C@H]1CCCCN1C(=O)OC(C)(C)C. The molecule has 1 aromatic heterocycles. The number of methoxy groups -OCH3 is 1. The summed E-state index contributed by atoms with van der Waals surface area (Å²) in [6.45, 7) is 6.94. The number of benzene rings is 1. The van der Waals surface area contributed by atoms with Crippen molar-refractivity contribution in [2.75, 3.05) is 25.5 Å². The third-order valence-electron chi connectivity index (χ3n) is 4.49. The minimum absolute atomic E-state index is 0.0478. The number of ether oxygens (including phenoxy) is 2. The van der Waals surface area contributed by atoms with Gasteiger partial charge in [-0.15, -0.1) is 0 Å². The molecule has 0 bridgehead atoms. The average Bonchev–Trinajstić information content (AvgIpc) is 2.64. The first-order valence-electron chi connectivity index (χ1n) is 9.41. The number of amides is 1. The molecular formula is C20H28N4O3. The van der Waals surface area contributed by atoms with Crippen molar-refractivity contribution in [3.05, 3.63) is 24.3 Å². The lowest BCUT2D eigenvalue weighted by molar-refractivity contribution is 0.0114. The number of piperidine rings is 1. The molecule has 1 atom stereocenters. The summed E-state index contributed by atoms with van der Waals surface area (Å²) in [6, 6.07) is 7.72. The Bertz CT molecular complexity index is 803. The minimum Gasteiger partial charge on any atom is -0.478 e. The molecule has 1 saturated heterocycles. The van der Waals surface area contributed by atoms with E-state index in [1.807, 2.05) is 49.9 Å². The van der Waals surface area contributed by atoms with Crippen LogP contribution in [0.5, 0.6) is 5.88 Å². The highest BCUT2D eigenvalue weighted by Gasteiger charge is 2.30. The predicted molar refractivity (Wildman–Crippen MR) is 105 cm³/mol. The second-order valence-corrected chi connectivity index (χ2v) is 7.77. The number of likely N-dealkylation sites (tertiary alicyclic amines) is 1. The predicted octanol–water partition coefficient (Wildman–Crippen LogP) is 3.84. The Hall–Kier alpha value is -2.57. The van der Waals surface area contributed by atoms with Crippen LogP contribution >= 0.6 is 0 Å². The van der Waals surface area contributed by atoms with E-state index in [0.29, 0.717) is 24.8 Å². The summed E-state index contributed by atoms with van der Waals surface area (Å²) in [5.74, 6) is 1.04. The third-order valence-corrected chi connectivity index (χ3v) is 4.49. The molecule has 1 aliphatic heterocycles. The Balaban J connectivity index is 1.74. The van der Waals surface area contributed by atoms with Crippen molar-refractivity contribution in [1.29, 1.82) is 0 Å². The van der Waals surface area contributed by atoms with Crippen molar-refractivity contribution < 1.29 is 14.3 Å². The Kier molecular flexibility index (Phi) is 5.68. The van der Waals surface area contributed by atoms with Gasteiger partial charge in [-0.1, -0.05) is 12.1 Å². The van der Waals surface area contributed by atoms with Crippen LogP contribution in [0.1, 0.15) is 40.0 Å². The summed E-state index contributed by atoms with van der Waals surface area (Å²) in [7, 11) is 1.58. The van der Waals surface area contributed by atoms with Crippen molar-refractivity contribution in [2.45, 2.75) is 51.7 Å². The van der Waals surface area contributed by atoms with Gasteiger partial charge in [0.15, 0.2) is 5.82 Å². The first kappa shape index (κ1) is 19.2. The van der Waals surface area contributed by atoms with Gasteiger partial charge in [0.1, 0.15) is 5.60 Å². The van der Waals surface area contributed by atoms with Gasteiger partial charge >= 0.3 is 6.09 Å². The van der Waals surface area contributed by atoms with Gasteiger partial charge < -0.3 is 19.7 Å². The van der Waals surface area contributed by atoms with Gasteiger partial charge in [-0.25, -0.2) is 14.8 Å². The number of para-hydroxylation sites is 2. The summed E-state index contributed by atoms with van der Waals surface area (Å²) in [4.78, 5) is 23.5. The van der Waals surface area contributed by atoms with Gasteiger partial charge in [-0.05, 0) is 52.2 Å². The summed E-state index contributed by atoms with van der Waals surface area (Å²) >= 11 is 0. The minimum atomic E-state index is -0.500. The number of fused-ring (bicyclic) bond motifs is 1. The highest BCUT2D eigenvalue weighted by molar-refractivity contribution is 5.77. The van der Waals surface area contributed by atoms with Gasteiger partial charge in [0.05, 0.1) is 24.2 Å². The lowest BCUT2D eigenvalue weighted by Crippen LogP contribution is -2.49. The number of carbonyl (C=O) groups is 1. The van der Waals surface area contributed by atoms with Crippen molar-refractivity contribution in [1.82, 2.24) is 14.9 Å². The number of carbonyl (C=O) groups excluding carboxylic acids is 1. The zero-order chi connectivity index (χ0) is 19.4. The van der Waals surface area contributed by atoms with Gasteiger partial charge in [0, 0.05) is 13.1 Å². The molecule has 1 N–H and O–H groups in total. The summed E-state index contributed by atoms with van der Waals surface area (Å²) in [5, 5.41) is 3.33. The molecule has 2 aromatic rings. The number of aromatic nitrogens is 2. The monoisotopic (exact) mass is 372 g/mol. The van der Waals surface area contributed by atoms with Crippen LogP contribution < -0.4 is 10.1 Å². The smallest absolute Gasteiger partial charge is 0.410 e. The Morgan fingerprint density at radius 2 is 1.93 bits per heavy atom. The lowest BCUT2D eigenvalue weighted by Gasteiger charge is -2.36. The van der Waals surface area contributed by atoms with E-state index in [2.05, 4.69) is 15.3 Å². The van der Waals surface area contributed by atoms with Crippen LogP contribution in [-0.2, 0) is 4.74 Å². The maximum atomic E-state index is 12.6. The number of nitrogens with one attached hydrogen (secondary N) is 1. The maximum Gasteiger partial charge on any atom is 0.410 e. The van der Waals surface area contributed by atoms with Crippen LogP contribution in [0, 0.1) is 0 Å². The molecule has 27 heavy (non-hydrogen) atoms. The zero-order valence-corrected chi connectivity index (χ0v) is 16.5. The molecule has 146 valence electrons. The van der Waals surface area contributed by atoms with Crippen LogP contribution in [0.15, 0.2) is 24.3 Å². The Morgan fingerprint density at radius 1 is 1.22 bits per heavy atom. The van der Waals surface area contributed by atoms with Gasteiger partial charge in [0.2, 0.25) is 0 Å². The Labute approximate surface area is 160 Å². The molecule has 0 aliphatic carbocycles. The van der Waals surface area contributed by atoms with Crippen LogP contribution in [0.4, 0.5) is 10.6 Å². The molecule has 0 spiro atoms. The van der Waals surface area contributed by atoms with E-state index in [1.54, 1.807) is 7.11 Å². The largest absolute Gasteiger partial charge is 0.478 e. The fraction of sp³-hybridized carbons (Fsp3) is 0.550. The highest BCUT2D eigenvalue weighted by atomic mass is 16.6. The molecule has 0 unspecified atom stereocenters. The number of hydrogen-bond acceptors (Lipinski definition) is 6. The number of nitrogens with zero attached hydrogens (tertiary/aromatic N) is 3. The summed E-state index contributed by atoms with van der Waals surface area (Å²) in [5.41, 5.74) is 1.08. The van der Waals surface area contributed by atoms with Crippen molar-refractivity contribution in [2.24, 2.45) is 0 Å². The summed E-state index contributed by atoms with van der Waals surface area (Å²) in [6.07, 6.45) is 2.75. The molecule has 1 amide bonds. The van der Waals surface area contributed by atoms with Gasteiger partial charge in [-0.3, -0.25) is 0 Å². The van der Waals surface area contributed by atoms with E-state index in [1.165, 1.54) is 0 Å². The second-order valence-electron chi connectivity index (χ2n) is 7.77. The van der Waals surface area contributed by atoms with Crippen molar-refractivity contribution in [3.8, 4) is 5.88 Å². The Morgan fingerprint density at radius 3 is 2.59 bits per heavy atom. The molecule has 1 fully saturated rings. The maximum absolute atomic E-state index is 12.6. The van der Waals surface area contributed by atoms with Gasteiger partial charge in [0.25, 0.3) is 5.88 Å². The third kappa shape index (κ3) is 4.78. The first-order valence-corrected chi connectivity index (χ1v) is 9.41. The fourth-order valence-electron chi connectivity index (χ4n) is 3.23. The zero-order valence-electron chi connectivity index (χ0n) is 16.5. The number of hydrogen-bond donors (Lipinski definition) is 1. The topological polar surface area (TPSA) is 76.6 Å². The van der Waals surface area contributed by atoms with E-state index in [9.17, 15) is 4.79 Å². The molecule has 1 aliphatic rings. The van der Waals surface area contributed by atoms with E-state index in [4.69, 9.17) is 9.47 Å². The molecule has 0 saturated carbocycles. The van der Waals surface area contributed by atoms with E-state index < -0.39 is 5.60 Å². The molecule has 7 nitrogen and oxygen atoms in total. The van der Waals surface area contributed by atoms with Crippen molar-refractivity contribution >= 4 is 22.9 Å². The molecule has 3 rings (SSSR count). The van der Waals surface area contributed by atoms with Crippen LogP contribution in [0.2, 0.25) is 0 Å². The van der Waals surface area contributed by atoms with E-state index >= 15 is 0 Å². The quantitative estimate of drug-likeness (QED) is 0.879. The van der Waals surface area contributed by atoms with Crippen molar-refractivity contribution in [3.63, 3.8) is 0 Å². The van der Waals surface area contributed by atoms with E-state index in [0.717, 1.165) is 30.3 Å². The molecule has 2 heterocycles. The molecule has 0 radical (unpaired) electrons. The van der Waals surface area contributed by atoms with E-state index in [-0.39, 0.29) is 12.1 Å². The second kappa shape index (κ2) is 7.98. The molecule has 1 aromatic carbocycles. The standard InChI is InChI=1S/C20H28N4O3/c1-20(2,3)27-19(25)24-12-8-7-9-14(24)13-21-17-18(26-4)23-16-11-6-5-10-15(16)22-17/h5-6,10-11,14H,7-9,12-13H2,1-4H3,(H,21,22)/t14-/m1/s1. The number of rotatable bonds is 4. The highest BCUT2D eigenvalue weighted by Crippen LogP contribution is 2.25. The van der Waals surface area contributed by atoms with Crippen LogP contribution in [0.3, 0.4) is 0 Å². The van der Waals surface area contributed by atoms with Crippen LogP contribution in [-0.4, -0.2) is 52.8 Å². The summed E-state index contributed by atoms with van der Waals surface area (Å²) < 4.78 is 11.0. The van der Waals surface area contributed by atoms with Crippen LogP contribution in [0.25, 0.3) is 11.0 Å². The number of anilines is 1. The molecular weight excluding hydrogens is 344 g/mol.